The summed E-state index contributed by atoms with van der Waals surface area (Å²) in [6.07, 6.45) is 5.17. The lowest BCUT2D eigenvalue weighted by Gasteiger charge is -2.46. The lowest BCUT2D eigenvalue weighted by molar-refractivity contribution is -0.122. The van der Waals surface area contributed by atoms with Crippen molar-refractivity contribution >= 4 is 12.3 Å². The van der Waals surface area contributed by atoms with Crippen molar-refractivity contribution in [3.05, 3.63) is 63.1 Å². The Morgan fingerprint density at radius 3 is 2.53 bits per heavy atom. The number of benzene rings is 1. The van der Waals surface area contributed by atoms with Gasteiger partial charge in [0.25, 0.3) is 5.91 Å². The number of aromatic hydroxyl groups is 1. The van der Waals surface area contributed by atoms with Crippen LogP contribution in [0.1, 0.15) is 47.3 Å². The Morgan fingerprint density at radius 1 is 1.28 bits per heavy atom. The number of carbonyl (C=O) groups is 2. The Balaban J connectivity index is 1.95. The molecule has 0 atom stereocenters. The molecule has 2 amide bonds. The first-order valence-corrected chi connectivity index (χ1v) is 10.2. The minimum atomic E-state index is -0.867. The zero-order chi connectivity index (χ0) is 23.6. The molecule has 2 N–H and O–H groups in total. The molecule has 1 fully saturated rings. The maximum absolute atomic E-state index is 13.9. The second-order valence-electron chi connectivity index (χ2n) is 8.00. The number of aromatic nitrogens is 1. The van der Waals surface area contributed by atoms with E-state index < -0.39 is 34.4 Å². The molecule has 1 aliphatic carbocycles. The van der Waals surface area contributed by atoms with Gasteiger partial charge in [0.15, 0.2) is 5.75 Å². The Labute approximate surface area is 184 Å². The van der Waals surface area contributed by atoms with E-state index in [0.29, 0.717) is 18.9 Å². The molecule has 3 rings (SSSR count). The highest BCUT2D eigenvalue weighted by molar-refractivity contribution is 5.94. The van der Waals surface area contributed by atoms with Crippen molar-refractivity contribution in [1.29, 1.82) is 0 Å². The van der Waals surface area contributed by atoms with Crippen LogP contribution in [0.25, 0.3) is 0 Å². The van der Waals surface area contributed by atoms with Gasteiger partial charge in [0.1, 0.15) is 22.9 Å². The summed E-state index contributed by atoms with van der Waals surface area (Å²) >= 11 is 0. The first kappa shape index (κ1) is 23.2. The molecule has 1 aromatic heterocycles. The summed E-state index contributed by atoms with van der Waals surface area (Å²) in [4.78, 5) is 38.4. The third-order valence-electron chi connectivity index (χ3n) is 6.24. The monoisotopic (exact) mass is 448 g/mol. The van der Waals surface area contributed by atoms with Crippen LogP contribution >= 0.6 is 0 Å². The van der Waals surface area contributed by atoms with Gasteiger partial charge in [0.2, 0.25) is 11.8 Å². The average molecular weight is 448 g/mol. The summed E-state index contributed by atoms with van der Waals surface area (Å²) in [5.74, 6) is -2.98. The zero-order valence-corrected chi connectivity index (χ0v) is 18.2. The smallest absolute Gasteiger partial charge is 0.257 e. The summed E-state index contributed by atoms with van der Waals surface area (Å²) in [6, 6.07) is 2.96. The second-order valence-corrected chi connectivity index (χ2v) is 8.00. The molecular weight excluding hydrogens is 422 g/mol. The van der Waals surface area contributed by atoms with E-state index >= 15 is 0 Å². The zero-order valence-electron chi connectivity index (χ0n) is 18.2. The van der Waals surface area contributed by atoms with Gasteiger partial charge >= 0.3 is 0 Å². The van der Waals surface area contributed by atoms with Crippen molar-refractivity contribution in [1.82, 2.24) is 14.9 Å². The molecular formula is C22H26F2N4O4. The Hall–Kier alpha value is -3.43. The van der Waals surface area contributed by atoms with Gasteiger partial charge in [-0.3, -0.25) is 24.1 Å². The van der Waals surface area contributed by atoms with Crippen molar-refractivity contribution in [2.75, 3.05) is 19.1 Å². The van der Waals surface area contributed by atoms with Crippen molar-refractivity contribution in [2.24, 2.45) is 0 Å². The second kappa shape index (κ2) is 8.97. The van der Waals surface area contributed by atoms with Gasteiger partial charge in [-0.15, -0.1) is 0 Å². The van der Waals surface area contributed by atoms with Crippen molar-refractivity contribution < 1.29 is 23.5 Å². The van der Waals surface area contributed by atoms with Crippen molar-refractivity contribution in [3.63, 3.8) is 0 Å². The number of nitrogens with zero attached hydrogens (tertiary/aromatic N) is 3. The van der Waals surface area contributed by atoms with Crippen molar-refractivity contribution in [2.45, 2.75) is 44.8 Å². The maximum Gasteiger partial charge on any atom is 0.257 e. The molecule has 32 heavy (non-hydrogen) atoms. The van der Waals surface area contributed by atoms with Crippen LogP contribution in [0.4, 0.5) is 8.78 Å². The maximum atomic E-state index is 13.9. The van der Waals surface area contributed by atoms with Crippen LogP contribution < -0.4 is 15.8 Å². The number of hydrogen-bond acceptors (Lipinski definition) is 5. The van der Waals surface area contributed by atoms with E-state index in [0.717, 1.165) is 25.3 Å². The van der Waals surface area contributed by atoms with E-state index in [1.807, 2.05) is 0 Å². The fourth-order valence-corrected chi connectivity index (χ4v) is 4.23. The van der Waals surface area contributed by atoms with Crippen LogP contribution in [-0.4, -0.2) is 46.8 Å². The summed E-state index contributed by atoms with van der Waals surface area (Å²) in [5.41, 5.74) is -1.63. The molecule has 10 heteroatoms. The van der Waals surface area contributed by atoms with Crippen LogP contribution in [0, 0.1) is 18.6 Å². The molecule has 0 bridgehead atoms. The van der Waals surface area contributed by atoms with E-state index in [1.54, 1.807) is 24.0 Å². The molecule has 172 valence electrons. The van der Waals surface area contributed by atoms with E-state index in [1.165, 1.54) is 23.9 Å². The van der Waals surface area contributed by atoms with Crippen LogP contribution in [0.3, 0.4) is 0 Å². The van der Waals surface area contributed by atoms with Gasteiger partial charge in [-0.1, -0.05) is 6.07 Å². The highest BCUT2D eigenvalue weighted by Gasteiger charge is 2.42. The quantitative estimate of drug-likeness (QED) is 0.499. The Bertz CT molecular complexity index is 1100. The van der Waals surface area contributed by atoms with E-state index in [9.17, 15) is 28.3 Å². The molecule has 0 unspecified atom stereocenters. The fourth-order valence-electron chi connectivity index (χ4n) is 4.23. The first-order valence-electron chi connectivity index (χ1n) is 10.2. The SMILES string of the molecule is Cc1c(O)c(=O)c(C(=O)NCc2ccc(F)cc2F)cn1N(C)C1(N(C)C=O)CCCC1. The minimum Gasteiger partial charge on any atom is -0.503 e. The van der Waals surface area contributed by atoms with E-state index in [-0.39, 0.29) is 23.4 Å². The topological polar surface area (TPSA) is 94.9 Å². The van der Waals surface area contributed by atoms with Crippen molar-refractivity contribution in [3.8, 4) is 5.75 Å². The predicted molar refractivity (Wildman–Crippen MR) is 114 cm³/mol. The third kappa shape index (κ3) is 4.04. The van der Waals surface area contributed by atoms with Gasteiger partial charge in [-0.2, -0.15) is 0 Å². The van der Waals surface area contributed by atoms with Gasteiger partial charge in [-0.05, 0) is 38.7 Å². The number of nitrogens with one attached hydrogen (secondary N) is 1. The number of rotatable bonds is 7. The highest BCUT2D eigenvalue weighted by atomic mass is 19.1. The molecule has 8 nitrogen and oxygen atoms in total. The number of amides is 2. The summed E-state index contributed by atoms with van der Waals surface area (Å²) in [7, 11) is 3.38. The minimum absolute atomic E-state index is 0.0473. The fraction of sp³-hybridized carbons (Fsp3) is 0.409. The molecule has 1 heterocycles. The normalized spacial score (nSPS) is 14.8. The van der Waals surface area contributed by atoms with Crippen LogP contribution in [0.5, 0.6) is 5.75 Å². The van der Waals surface area contributed by atoms with Gasteiger partial charge in [-0.25, -0.2) is 8.78 Å². The molecule has 1 aliphatic rings. The third-order valence-corrected chi connectivity index (χ3v) is 6.24. The predicted octanol–water partition coefficient (Wildman–Crippen LogP) is 2.00. The Kier molecular flexibility index (Phi) is 6.52. The van der Waals surface area contributed by atoms with E-state index in [4.69, 9.17) is 0 Å². The van der Waals surface area contributed by atoms with Crippen LogP contribution in [0.15, 0.2) is 29.2 Å². The van der Waals surface area contributed by atoms with Gasteiger partial charge < -0.3 is 15.3 Å². The molecule has 0 spiro atoms. The standard InChI is InChI=1S/C22H26F2N4O4/c1-14-19(30)20(31)17(21(32)25-11-15-6-7-16(23)10-18(15)24)12-28(14)27(3)22(26(2)13-29)8-4-5-9-22/h6-7,10,12-13,30H,4-5,8-9,11H2,1-3H3,(H,25,32). The molecule has 0 radical (unpaired) electrons. The van der Waals surface area contributed by atoms with E-state index in [2.05, 4.69) is 5.32 Å². The van der Waals surface area contributed by atoms with Crippen LogP contribution in [-0.2, 0) is 11.3 Å². The number of halogens is 2. The number of carbonyl (C=O) groups excluding carboxylic acids is 2. The first-order chi connectivity index (χ1) is 15.1. The molecule has 0 saturated heterocycles. The average Bonchev–Trinajstić information content (AvgIpc) is 3.27. The molecule has 2 aromatic rings. The number of pyridine rings is 1. The highest BCUT2D eigenvalue weighted by Crippen LogP contribution is 2.36. The molecule has 0 aliphatic heterocycles. The molecule has 1 aromatic carbocycles. The summed E-state index contributed by atoms with van der Waals surface area (Å²) in [5, 5.41) is 14.6. The largest absolute Gasteiger partial charge is 0.503 e. The lowest BCUT2D eigenvalue weighted by atomic mass is 10.1. The van der Waals surface area contributed by atoms with Gasteiger partial charge in [0.05, 0.1) is 5.69 Å². The lowest BCUT2D eigenvalue weighted by Crippen LogP contribution is -2.60. The summed E-state index contributed by atoms with van der Waals surface area (Å²) < 4.78 is 28.4. The number of hydrogen-bond donors (Lipinski definition) is 2. The van der Waals surface area contributed by atoms with Gasteiger partial charge in [0, 0.05) is 38.5 Å². The molecule has 1 saturated carbocycles. The Morgan fingerprint density at radius 2 is 1.94 bits per heavy atom. The van der Waals surface area contributed by atoms with Crippen LogP contribution in [0.2, 0.25) is 0 Å². The summed E-state index contributed by atoms with van der Waals surface area (Å²) in [6.45, 7) is 1.26.